The minimum Gasteiger partial charge on any atom is -0.480 e. The van der Waals surface area contributed by atoms with E-state index in [1.54, 1.807) is 6.92 Å². The topological polar surface area (TPSA) is 40.5 Å². The number of hydrogen-bond acceptors (Lipinski definition) is 2. The highest BCUT2D eigenvalue weighted by molar-refractivity contribution is 5.80. The fourth-order valence-corrected chi connectivity index (χ4v) is 2.73. The van der Waals surface area contributed by atoms with Crippen molar-refractivity contribution in [3.63, 3.8) is 0 Å². The van der Waals surface area contributed by atoms with Gasteiger partial charge in [-0.15, -0.1) is 0 Å². The molecule has 20 heavy (non-hydrogen) atoms. The predicted octanol–water partition coefficient (Wildman–Crippen LogP) is 3.53. The van der Waals surface area contributed by atoms with Crippen LogP contribution in [0.3, 0.4) is 0 Å². The van der Waals surface area contributed by atoms with Crippen molar-refractivity contribution >= 4 is 5.97 Å². The lowest BCUT2D eigenvalue weighted by atomic mass is 9.88. The molecular formula is C17H27NO2. The number of rotatable bonds is 7. The van der Waals surface area contributed by atoms with Gasteiger partial charge in [-0.2, -0.15) is 0 Å². The molecule has 1 unspecified atom stereocenters. The van der Waals surface area contributed by atoms with Crippen LogP contribution in [-0.4, -0.2) is 29.1 Å². The van der Waals surface area contributed by atoms with Gasteiger partial charge in [0.2, 0.25) is 0 Å². The molecular weight excluding hydrogens is 250 g/mol. The molecule has 0 amide bonds. The number of hydrogen-bond donors (Lipinski definition) is 1. The molecule has 0 aliphatic carbocycles. The molecule has 1 aromatic rings. The molecule has 112 valence electrons. The zero-order chi connectivity index (χ0) is 15.3. The van der Waals surface area contributed by atoms with Gasteiger partial charge < -0.3 is 5.11 Å². The van der Waals surface area contributed by atoms with Gasteiger partial charge in [0.05, 0.1) is 0 Å². The van der Waals surface area contributed by atoms with Crippen LogP contribution in [0.4, 0.5) is 0 Å². The maximum atomic E-state index is 11.8. The Kier molecular flexibility index (Phi) is 5.75. The molecule has 0 spiro atoms. The van der Waals surface area contributed by atoms with Crippen molar-refractivity contribution in [1.82, 2.24) is 4.90 Å². The van der Waals surface area contributed by atoms with Crippen LogP contribution in [0.1, 0.15) is 45.7 Å². The third-order valence-electron chi connectivity index (χ3n) is 3.97. The summed E-state index contributed by atoms with van der Waals surface area (Å²) in [5, 5.41) is 9.69. The molecule has 0 saturated carbocycles. The van der Waals surface area contributed by atoms with E-state index in [0.29, 0.717) is 19.0 Å². The highest BCUT2D eigenvalue weighted by Gasteiger charge is 2.39. The van der Waals surface area contributed by atoms with Crippen LogP contribution >= 0.6 is 0 Å². The van der Waals surface area contributed by atoms with E-state index in [1.165, 1.54) is 5.56 Å². The smallest absolute Gasteiger partial charge is 0.328 e. The summed E-state index contributed by atoms with van der Waals surface area (Å²) in [6.45, 7) is 11.6. The molecule has 0 radical (unpaired) electrons. The third-order valence-corrected chi connectivity index (χ3v) is 3.97. The largest absolute Gasteiger partial charge is 0.480 e. The van der Waals surface area contributed by atoms with Gasteiger partial charge in [0.15, 0.2) is 0 Å². The average Bonchev–Trinajstić information content (AvgIpc) is 2.39. The monoisotopic (exact) mass is 277 g/mol. The van der Waals surface area contributed by atoms with Gasteiger partial charge in [0, 0.05) is 0 Å². The highest BCUT2D eigenvalue weighted by atomic mass is 16.4. The summed E-state index contributed by atoms with van der Waals surface area (Å²) in [6, 6.07) is 8.04. The van der Waals surface area contributed by atoms with Crippen molar-refractivity contribution in [2.45, 2.75) is 46.6 Å². The van der Waals surface area contributed by atoms with E-state index in [4.69, 9.17) is 0 Å². The number of carboxylic acids is 1. The van der Waals surface area contributed by atoms with Gasteiger partial charge in [-0.05, 0) is 43.5 Å². The van der Waals surface area contributed by atoms with Gasteiger partial charge in [-0.1, -0.05) is 52.0 Å². The summed E-state index contributed by atoms with van der Waals surface area (Å²) >= 11 is 0. The number of carboxylic acid groups (broad SMARTS) is 1. The first-order chi connectivity index (χ1) is 9.36. The SMILES string of the molecule is CCN(CC)C(C)(C(=O)O)c1ccc(CC(C)C)cc1. The standard InChI is InChI=1S/C17H27NO2/c1-6-18(7-2)17(5,16(19)20)15-10-8-14(9-11-15)12-13(3)4/h8-11,13H,6-7,12H2,1-5H3,(H,19,20). The number of nitrogens with zero attached hydrogens (tertiary/aromatic N) is 1. The lowest BCUT2D eigenvalue weighted by Gasteiger charge is -2.37. The van der Waals surface area contributed by atoms with E-state index in [1.807, 2.05) is 30.9 Å². The summed E-state index contributed by atoms with van der Waals surface area (Å²) in [5.74, 6) is -0.188. The summed E-state index contributed by atoms with van der Waals surface area (Å²) in [6.07, 6.45) is 1.02. The number of likely N-dealkylation sites (N-methyl/N-ethyl adjacent to an activating group) is 1. The van der Waals surface area contributed by atoms with Crippen molar-refractivity contribution in [1.29, 1.82) is 0 Å². The number of benzene rings is 1. The van der Waals surface area contributed by atoms with Gasteiger partial charge in [-0.3, -0.25) is 4.90 Å². The molecule has 1 rings (SSSR count). The maximum Gasteiger partial charge on any atom is 0.328 e. The lowest BCUT2D eigenvalue weighted by molar-refractivity contribution is -0.151. The second-order valence-electron chi connectivity index (χ2n) is 5.84. The second-order valence-corrected chi connectivity index (χ2v) is 5.84. The zero-order valence-electron chi connectivity index (χ0n) is 13.3. The average molecular weight is 277 g/mol. The quantitative estimate of drug-likeness (QED) is 0.829. The van der Waals surface area contributed by atoms with E-state index in [-0.39, 0.29) is 0 Å². The molecule has 0 saturated heterocycles. The van der Waals surface area contributed by atoms with Crippen LogP contribution in [0.2, 0.25) is 0 Å². The molecule has 3 heteroatoms. The molecule has 0 aromatic heterocycles. The van der Waals surface area contributed by atoms with E-state index in [9.17, 15) is 9.90 Å². The van der Waals surface area contributed by atoms with Crippen molar-refractivity contribution < 1.29 is 9.90 Å². The Hall–Kier alpha value is -1.35. The molecule has 1 atom stereocenters. The van der Waals surface area contributed by atoms with Crippen LogP contribution in [0.25, 0.3) is 0 Å². The van der Waals surface area contributed by atoms with E-state index in [0.717, 1.165) is 12.0 Å². The Bertz CT molecular complexity index is 435. The second kappa shape index (κ2) is 6.89. The Morgan fingerprint density at radius 3 is 2.05 bits per heavy atom. The molecule has 0 fully saturated rings. The van der Waals surface area contributed by atoms with E-state index in [2.05, 4.69) is 26.0 Å². The Morgan fingerprint density at radius 2 is 1.70 bits per heavy atom. The van der Waals surface area contributed by atoms with Gasteiger partial charge in [-0.25, -0.2) is 4.79 Å². The normalized spacial score (nSPS) is 14.6. The summed E-state index contributed by atoms with van der Waals surface area (Å²) in [7, 11) is 0. The predicted molar refractivity (Wildman–Crippen MR) is 82.9 cm³/mol. The zero-order valence-corrected chi connectivity index (χ0v) is 13.3. The van der Waals surface area contributed by atoms with Gasteiger partial charge in [0.25, 0.3) is 0 Å². The summed E-state index contributed by atoms with van der Waals surface area (Å²) in [4.78, 5) is 13.8. The van der Waals surface area contributed by atoms with Crippen molar-refractivity contribution in [3.05, 3.63) is 35.4 Å². The van der Waals surface area contributed by atoms with Gasteiger partial charge >= 0.3 is 5.97 Å². The molecule has 3 nitrogen and oxygen atoms in total. The van der Waals surface area contributed by atoms with Crippen molar-refractivity contribution in [3.8, 4) is 0 Å². The molecule has 0 heterocycles. The Labute approximate surface area is 122 Å². The number of carbonyl (C=O) groups is 1. The lowest BCUT2D eigenvalue weighted by Crippen LogP contribution is -2.49. The summed E-state index contributed by atoms with van der Waals surface area (Å²) < 4.78 is 0. The molecule has 0 aliphatic heterocycles. The van der Waals surface area contributed by atoms with Crippen LogP contribution in [0.5, 0.6) is 0 Å². The first-order valence-electron chi connectivity index (χ1n) is 7.44. The molecule has 0 bridgehead atoms. The Morgan fingerprint density at radius 1 is 1.20 bits per heavy atom. The first-order valence-corrected chi connectivity index (χ1v) is 7.44. The van der Waals surface area contributed by atoms with Crippen LogP contribution in [-0.2, 0) is 16.8 Å². The minimum absolute atomic E-state index is 0.606. The molecule has 1 N–H and O–H groups in total. The number of aliphatic carboxylic acids is 1. The first kappa shape index (κ1) is 16.7. The van der Waals surface area contributed by atoms with E-state index >= 15 is 0 Å². The van der Waals surface area contributed by atoms with Crippen molar-refractivity contribution in [2.75, 3.05) is 13.1 Å². The van der Waals surface area contributed by atoms with Gasteiger partial charge in [0.1, 0.15) is 5.54 Å². The minimum atomic E-state index is -0.958. The van der Waals surface area contributed by atoms with Crippen LogP contribution in [0, 0.1) is 5.92 Å². The summed E-state index contributed by atoms with van der Waals surface area (Å²) in [5.41, 5.74) is 1.15. The fourth-order valence-electron chi connectivity index (χ4n) is 2.73. The maximum absolute atomic E-state index is 11.8. The highest BCUT2D eigenvalue weighted by Crippen LogP contribution is 2.29. The Balaban J connectivity index is 3.13. The van der Waals surface area contributed by atoms with Crippen molar-refractivity contribution in [2.24, 2.45) is 5.92 Å². The third kappa shape index (κ3) is 3.40. The van der Waals surface area contributed by atoms with Crippen LogP contribution in [0.15, 0.2) is 24.3 Å². The molecule has 1 aromatic carbocycles. The molecule has 0 aliphatic rings. The van der Waals surface area contributed by atoms with E-state index < -0.39 is 11.5 Å². The fraction of sp³-hybridized carbons (Fsp3) is 0.588. The van der Waals surface area contributed by atoms with Crippen LogP contribution < -0.4 is 0 Å².